The van der Waals surface area contributed by atoms with Gasteiger partial charge in [0.1, 0.15) is 22.9 Å². The molecule has 0 bridgehead atoms. The zero-order chi connectivity index (χ0) is 24.8. The number of carbonyl (C=O) groups excluding carboxylic acids is 1. The average Bonchev–Trinajstić information content (AvgIpc) is 3.04. The lowest BCUT2D eigenvalue weighted by atomic mass is 10.0. The van der Waals surface area contributed by atoms with Crippen LogP contribution in [0.2, 0.25) is 18.1 Å². The Balaban J connectivity index is 2.32. The summed E-state index contributed by atoms with van der Waals surface area (Å²) in [6.45, 7) is 10.3. The van der Waals surface area contributed by atoms with Crippen LogP contribution < -0.4 is 14.5 Å². The molecule has 1 amide bonds. The molecule has 0 unspecified atom stereocenters. The van der Waals surface area contributed by atoms with Crippen molar-refractivity contribution in [3.05, 3.63) is 47.8 Å². The molecule has 33 heavy (non-hydrogen) atoms. The molecule has 0 atom stereocenters. The lowest BCUT2D eigenvalue weighted by molar-refractivity contribution is 0.0964. The molecule has 0 aliphatic heterocycles. The molecule has 0 radical (unpaired) electrons. The molecule has 3 rings (SSSR count). The van der Waals surface area contributed by atoms with E-state index in [0.29, 0.717) is 22.3 Å². The van der Waals surface area contributed by atoms with E-state index in [1.54, 1.807) is 6.07 Å². The molecule has 178 valence electrons. The highest BCUT2D eigenvalue weighted by molar-refractivity contribution is 7.92. The van der Waals surface area contributed by atoms with E-state index >= 15 is 0 Å². The van der Waals surface area contributed by atoms with Gasteiger partial charge in [0.25, 0.3) is 14.2 Å². The van der Waals surface area contributed by atoms with Gasteiger partial charge in [-0.3, -0.25) is 9.52 Å². The van der Waals surface area contributed by atoms with E-state index in [4.69, 9.17) is 8.84 Å². The van der Waals surface area contributed by atoms with Gasteiger partial charge in [0.2, 0.25) is 10.0 Å². The number of hydrogen-bond acceptors (Lipinski definition) is 5. The van der Waals surface area contributed by atoms with Crippen LogP contribution in [0.3, 0.4) is 0 Å². The summed E-state index contributed by atoms with van der Waals surface area (Å²) in [7, 11) is -4.48. The molecule has 0 aliphatic carbocycles. The van der Waals surface area contributed by atoms with Crippen LogP contribution >= 0.6 is 0 Å². The lowest BCUT2D eigenvalue weighted by Crippen LogP contribution is -2.44. The van der Waals surface area contributed by atoms with Crippen LogP contribution in [-0.4, -0.2) is 35.9 Å². The second-order valence-electron chi connectivity index (χ2n) is 9.47. The highest BCUT2D eigenvalue weighted by Crippen LogP contribution is 2.43. The van der Waals surface area contributed by atoms with Gasteiger partial charge in [-0.1, -0.05) is 20.8 Å². The van der Waals surface area contributed by atoms with Crippen LogP contribution in [-0.2, 0) is 10.0 Å². The van der Waals surface area contributed by atoms with Gasteiger partial charge in [-0.05, 0) is 48.5 Å². The highest BCUT2D eigenvalue weighted by atomic mass is 32.2. The Labute approximate surface area is 194 Å². The normalized spacial score (nSPS) is 12.6. The molecular formula is C23H29FN2O5SSi. The second kappa shape index (κ2) is 8.49. The molecular weight excluding hydrogens is 463 g/mol. The first kappa shape index (κ1) is 24.8. The first-order valence-electron chi connectivity index (χ1n) is 10.4. The van der Waals surface area contributed by atoms with Crippen molar-refractivity contribution in [2.75, 3.05) is 18.0 Å². The van der Waals surface area contributed by atoms with Gasteiger partial charge < -0.3 is 14.2 Å². The monoisotopic (exact) mass is 492 g/mol. The van der Waals surface area contributed by atoms with Crippen molar-refractivity contribution >= 4 is 40.9 Å². The summed E-state index contributed by atoms with van der Waals surface area (Å²) >= 11 is 0. The number of anilines is 1. The van der Waals surface area contributed by atoms with E-state index in [1.165, 1.54) is 37.4 Å². The number of fused-ring (bicyclic) bond motifs is 1. The minimum atomic E-state index is -3.62. The van der Waals surface area contributed by atoms with Gasteiger partial charge >= 0.3 is 0 Å². The Morgan fingerprint density at radius 2 is 1.73 bits per heavy atom. The van der Waals surface area contributed by atoms with Crippen LogP contribution in [0.15, 0.2) is 40.8 Å². The quantitative estimate of drug-likeness (QED) is 0.452. The zero-order valence-corrected chi connectivity index (χ0v) is 21.6. The average molecular weight is 493 g/mol. The number of rotatable bonds is 6. The zero-order valence-electron chi connectivity index (χ0n) is 19.8. The van der Waals surface area contributed by atoms with E-state index in [2.05, 4.69) is 30.8 Å². The van der Waals surface area contributed by atoms with Crippen molar-refractivity contribution in [1.29, 1.82) is 0 Å². The summed E-state index contributed by atoms with van der Waals surface area (Å²) < 4.78 is 52.5. The van der Waals surface area contributed by atoms with Crippen LogP contribution in [0.25, 0.3) is 22.3 Å². The maximum Gasteiger partial charge on any atom is 0.255 e. The molecule has 7 nitrogen and oxygen atoms in total. The Kier molecular flexibility index (Phi) is 6.38. The van der Waals surface area contributed by atoms with E-state index in [-0.39, 0.29) is 22.0 Å². The third kappa shape index (κ3) is 5.22. The fraction of sp³-hybridized carbons (Fsp3) is 0.348. The number of nitrogens with one attached hydrogen (secondary N) is 2. The molecule has 0 aliphatic rings. The summed E-state index contributed by atoms with van der Waals surface area (Å²) in [5.74, 6) is -0.244. The van der Waals surface area contributed by atoms with Crippen LogP contribution in [0.1, 0.15) is 31.1 Å². The van der Waals surface area contributed by atoms with Gasteiger partial charge in [-0.25, -0.2) is 12.8 Å². The van der Waals surface area contributed by atoms with Crippen molar-refractivity contribution in [2.24, 2.45) is 0 Å². The van der Waals surface area contributed by atoms with Gasteiger partial charge in [0.15, 0.2) is 0 Å². The summed E-state index contributed by atoms with van der Waals surface area (Å²) in [6, 6.07) is 8.73. The predicted octanol–water partition coefficient (Wildman–Crippen LogP) is 5.35. The number of halogens is 1. The van der Waals surface area contributed by atoms with Crippen molar-refractivity contribution in [3.63, 3.8) is 0 Å². The largest absolute Gasteiger partial charge is 0.542 e. The summed E-state index contributed by atoms with van der Waals surface area (Å²) in [5, 5.41) is 2.92. The third-order valence-electron chi connectivity index (χ3n) is 5.82. The van der Waals surface area contributed by atoms with Gasteiger partial charge in [0.05, 0.1) is 17.5 Å². The SMILES string of the molecule is CNC(=O)c1c(-c2ccc(F)cc2)oc2cc(NS(C)(=O)=O)c(O[Si](C)(C)C(C)(C)C)cc12. The van der Waals surface area contributed by atoms with Crippen molar-refractivity contribution in [2.45, 2.75) is 38.9 Å². The Bertz CT molecular complexity index is 1310. The van der Waals surface area contributed by atoms with Gasteiger partial charge in [-0.2, -0.15) is 0 Å². The molecule has 2 aromatic carbocycles. The van der Waals surface area contributed by atoms with E-state index in [9.17, 15) is 17.6 Å². The van der Waals surface area contributed by atoms with E-state index < -0.39 is 30.1 Å². The van der Waals surface area contributed by atoms with E-state index in [0.717, 1.165) is 6.26 Å². The standard InChI is InChI=1S/C23H29FN2O5SSi/c1-23(2,3)33(6,7)31-19-12-16-18(13-17(19)26-32(5,28)29)30-21(20(16)22(27)25-4)14-8-10-15(24)11-9-14/h8-13,26H,1-7H3,(H,25,27). The van der Waals surface area contributed by atoms with Crippen LogP contribution in [0.5, 0.6) is 5.75 Å². The maximum atomic E-state index is 13.5. The molecule has 1 heterocycles. The van der Waals surface area contributed by atoms with Crippen molar-refractivity contribution in [1.82, 2.24) is 5.32 Å². The number of sulfonamides is 1. The second-order valence-corrected chi connectivity index (χ2v) is 15.9. The van der Waals surface area contributed by atoms with Crippen molar-refractivity contribution < 1.29 is 26.4 Å². The van der Waals surface area contributed by atoms with Crippen molar-refractivity contribution in [3.8, 4) is 17.1 Å². The molecule has 10 heteroatoms. The molecule has 0 saturated carbocycles. The molecule has 2 N–H and O–H groups in total. The smallest absolute Gasteiger partial charge is 0.255 e. The first-order chi connectivity index (χ1) is 15.1. The van der Waals surface area contributed by atoms with Gasteiger partial charge in [0, 0.05) is 24.1 Å². The lowest BCUT2D eigenvalue weighted by Gasteiger charge is -2.37. The minimum Gasteiger partial charge on any atom is -0.542 e. The van der Waals surface area contributed by atoms with Crippen LogP contribution in [0.4, 0.5) is 10.1 Å². The summed E-state index contributed by atoms with van der Waals surface area (Å²) in [5.41, 5.74) is 1.28. The fourth-order valence-electron chi connectivity index (χ4n) is 3.07. The Morgan fingerprint density at radius 3 is 2.24 bits per heavy atom. The number of carbonyl (C=O) groups is 1. The topological polar surface area (TPSA) is 97.6 Å². The Hall–Kier alpha value is -2.85. The Morgan fingerprint density at radius 1 is 1.12 bits per heavy atom. The maximum absolute atomic E-state index is 13.5. The molecule has 0 saturated heterocycles. The summed E-state index contributed by atoms with van der Waals surface area (Å²) in [6.07, 6.45) is 1.05. The predicted molar refractivity (Wildman–Crippen MR) is 131 cm³/mol. The number of hydrogen-bond donors (Lipinski definition) is 2. The third-order valence-corrected chi connectivity index (χ3v) is 10.8. The molecule has 0 spiro atoms. The molecule has 0 fully saturated rings. The highest BCUT2D eigenvalue weighted by Gasteiger charge is 2.40. The summed E-state index contributed by atoms with van der Waals surface area (Å²) in [4.78, 5) is 12.8. The van der Waals surface area contributed by atoms with Gasteiger partial charge in [-0.15, -0.1) is 0 Å². The minimum absolute atomic E-state index is 0.149. The number of furan rings is 1. The fourth-order valence-corrected chi connectivity index (χ4v) is 4.65. The van der Waals surface area contributed by atoms with Crippen LogP contribution in [0, 0.1) is 5.82 Å². The number of benzene rings is 2. The molecule has 3 aromatic rings. The number of amides is 1. The molecule has 1 aromatic heterocycles. The van der Waals surface area contributed by atoms with E-state index in [1.807, 2.05) is 13.1 Å². The first-order valence-corrected chi connectivity index (χ1v) is 15.2.